The first-order chi connectivity index (χ1) is 20.2. The van der Waals surface area contributed by atoms with E-state index in [-0.39, 0.29) is 30.7 Å². The summed E-state index contributed by atoms with van der Waals surface area (Å²) in [4.78, 5) is 8.46. The summed E-state index contributed by atoms with van der Waals surface area (Å²) in [7, 11) is 1.41. The molecular formula is C30H35F6N7. The average molecular weight is 608 g/mol. The van der Waals surface area contributed by atoms with Gasteiger partial charge in [-0.1, -0.05) is 11.6 Å². The van der Waals surface area contributed by atoms with Crippen LogP contribution in [0.5, 0.6) is 0 Å². The van der Waals surface area contributed by atoms with Gasteiger partial charge in [-0.15, -0.1) is 5.10 Å². The molecule has 1 aromatic heterocycles. The summed E-state index contributed by atoms with van der Waals surface area (Å²) in [5.74, 6) is 6.67. The number of hydrogen-bond donors (Lipinski definition) is 2. The second-order valence-corrected chi connectivity index (χ2v) is 11.7. The molecule has 0 atom stereocenters. The molecule has 0 spiro atoms. The molecular weight excluding hydrogens is 572 g/mol. The minimum atomic E-state index is -4.97. The van der Waals surface area contributed by atoms with Crippen molar-refractivity contribution in [2.45, 2.75) is 58.0 Å². The third-order valence-electron chi connectivity index (χ3n) is 7.70. The number of aromatic nitrogens is 1. The van der Waals surface area contributed by atoms with Gasteiger partial charge in [-0.25, -0.2) is 11.0 Å². The highest BCUT2D eigenvalue weighted by molar-refractivity contribution is 5.94. The zero-order chi connectivity index (χ0) is 31.1. The Morgan fingerprint density at radius 1 is 0.907 bits per heavy atom. The molecule has 3 aromatic rings. The van der Waals surface area contributed by atoms with Gasteiger partial charge in [0.05, 0.1) is 22.3 Å². The molecule has 2 saturated carbocycles. The van der Waals surface area contributed by atoms with Gasteiger partial charge in [-0.2, -0.15) is 26.3 Å². The molecule has 13 heteroatoms. The van der Waals surface area contributed by atoms with Crippen LogP contribution < -0.4 is 16.5 Å². The monoisotopic (exact) mass is 607 g/mol. The summed E-state index contributed by atoms with van der Waals surface area (Å²) in [6, 6.07) is 7.51. The normalized spacial score (nSPS) is 16.1. The van der Waals surface area contributed by atoms with Crippen LogP contribution >= 0.6 is 0 Å². The van der Waals surface area contributed by atoms with E-state index in [1.54, 1.807) is 6.20 Å². The molecule has 2 aliphatic carbocycles. The summed E-state index contributed by atoms with van der Waals surface area (Å²) >= 11 is 0. The van der Waals surface area contributed by atoms with E-state index >= 15 is 0 Å². The second kappa shape index (κ2) is 11.7. The first-order valence-electron chi connectivity index (χ1n) is 14.2. The van der Waals surface area contributed by atoms with E-state index in [4.69, 9.17) is 11.6 Å². The number of nitrogens with two attached hydrogens (primary N) is 2. The van der Waals surface area contributed by atoms with Gasteiger partial charge in [0.15, 0.2) is 0 Å². The molecule has 2 fully saturated rings. The molecule has 1 heterocycles. The van der Waals surface area contributed by atoms with Crippen molar-refractivity contribution in [2.75, 3.05) is 25.0 Å². The minimum absolute atomic E-state index is 0.0266. The standard InChI is InChI=1S/C30H35F6N7/c1-18-3-8-26-25(9-18)27(42(14-19-4-5-19)15-20-6-7-20)22(13-39-26)17-43(28(37)40-41(2)38)16-21-10-23(29(31,32)33)12-24(11-21)30(34,35)36/h3,8-13,19-20H,4-7,14-17,38H2,1-2H3,(H2,37,40). The fourth-order valence-electron chi connectivity index (χ4n) is 5.28. The minimum Gasteiger partial charge on any atom is -0.370 e. The SMILES string of the molecule is Cc1ccc2ncc(CN(Cc3cc(C(F)(F)F)cc(C(F)(F)F)c3)/C(N)=N/N(C)N)c(N(CC3CC3)CC3CC3)c2c1. The van der Waals surface area contributed by atoms with E-state index in [1.807, 2.05) is 19.1 Å². The third-order valence-corrected chi connectivity index (χ3v) is 7.70. The van der Waals surface area contributed by atoms with Gasteiger partial charge in [0.1, 0.15) is 0 Å². The largest absolute Gasteiger partial charge is 0.416 e. The molecule has 0 saturated heterocycles. The number of hydrogen-bond acceptors (Lipinski definition) is 5. The zero-order valence-corrected chi connectivity index (χ0v) is 24.0. The van der Waals surface area contributed by atoms with E-state index in [1.165, 1.54) is 11.9 Å². The number of fused-ring (bicyclic) bond motifs is 1. The number of halogens is 6. The van der Waals surface area contributed by atoms with E-state index in [9.17, 15) is 26.3 Å². The molecule has 2 aromatic carbocycles. The molecule has 4 N–H and O–H groups in total. The molecule has 43 heavy (non-hydrogen) atoms. The molecule has 0 amide bonds. The van der Waals surface area contributed by atoms with Gasteiger partial charge in [0.25, 0.3) is 0 Å². The lowest BCUT2D eigenvalue weighted by Gasteiger charge is -2.31. The molecule has 5 rings (SSSR count). The number of nitrogens with zero attached hydrogens (tertiary/aromatic N) is 5. The number of pyridine rings is 1. The van der Waals surface area contributed by atoms with Gasteiger partial charge in [0.2, 0.25) is 5.96 Å². The lowest BCUT2D eigenvalue weighted by molar-refractivity contribution is -0.143. The molecule has 0 aliphatic heterocycles. The first-order valence-corrected chi connectivity index (χ1v) is 14.2. The Bertz CT molecular complexity index is 1450. The van der Waals surface area contributed by atoms with Crippen molar-refractivity contribution in [1.82, 2.24) is 15.0 Å². The summed E-state index contributed by atoms with van der Waals surface area (Å²) in [5.41, 5.74) is 6.79. The number of guanidine groups is 1. The maximum Gasteiger partial charge on any atom is 0.416 e. The number of benzene rings is 2. The van der Waals surface area contributed by atoms with Crippen LogP contribution in [-0.4, -0.2) is 41.1 Å². The summed E-state index contributed by atoms with van der Waals surface area (Å²) < 4.78 is 81.8. The summed E-state index contributed by atoms with van der Waals surface area (Å²) in [5, 5.41) is 5.90. The number of rotatable bonds is 10. The van der Waals surface area contributed by atoms with E-state index in [2.05, 4.69) is 21.1 Å². The lowest BCUT2D eigenvalue weighted by atomic mass is 10.0. The third kappa shape index (κ3) is 7.81. The topological polar surface area (TPSA) is 87.0 Å². The number of aryl methyl sites for hydroxylation is 1. The maximum atomic E-state index is 13.6. The molecule has 232 valence electrons. The Balaban J connectivity index is 1.60. The van der Waals surface area contributed by atoms with Crippen LogP contribution in [0, 0.1) is 18.8 Å². The van der Waals surface area contributed by atoms with Crippen LogP contribution in [0.2, 0.25) is 0 Å². The zero-order valence-electron chi connectivity index (χ0n) is 24.0. The van der Waals surface area contributed by atoms with Crippen LogP contribution in [-0.2, 0) is 25.4 Å². The summed E-state index contributed by atoms with van der Waals surface area (Å²) in [6.45, 7) is 3.34. The van der Waals surface area contributed by atoms with Gasteiger partial charge < -0.3 is 15.5 Å². The van der Waals surface area contributed by atoms with Crippen LogP contribution in [0.4, 0.5) is 32.0 Å². The Morgan fingerprint density at radius 3 is 2.00 bits per heavy atom. The predicted octanol–water partition coefficient (Wildman–Crippen LogP) is 6.24. The van der Waals surface area contributed by atoms with Crippen LogP contribution in [0.3, 0.4) is 0 Å². The van der Waals surface area contributed by atoms with E-state index in [0.717, 1.165) is 71.6 Å². The maximum absolute atomic E-state index is 13.6. The van der Waals surface area contributed by atoms with Gasteiger partial charge in [-0.05, 0) is 80.3 Å². The number of alkyl halides is 6. The van der Waals surface area contributed by atoms with Crippen molar-refractivity contribution < 1.29 is 26.3 Å². The average Bonchev–Trinajstić information content (AvgIpc) is 3.83. The molecule has 2 aliphatic rings. The van der Waals surface area contributed by atoms with Crippen LogP contribution in [0.15, 0.2) is 47.7 Å². The summed E-state index contributed by atoms with van der Waals surface area (Å²) in [6.07, 6.45) is -3.67. The van der Waals surface area contributed by atoms with Crippen molar-refractivity contribution in [1.29, 1.82) is 0 Å². The molecule has 0 bridgehead atoms. The second-order valence-electron chi connectivity index (χ2n) is 11.7. The predicted molar refractivity (Wildman–Crippen MR) is 153 cm³/mol. The smallest absolute Gasteiger partial charge is 0.370 e. The van der Waals surface area contributed by atoms with Crippen molar-refractivity contribution in [3.05, 3.63) is 70.4 Å². The van der Waals surface area contributed by atoms with Crippen molar-refractivity contribution >= 4 is 22.5 Å². The first kappa shape index (κ1) is 30.7. The quantitative estimate of drug-likeness (QED) is 0.0933. The van der Waals surface area contributed by atoms with Gasteiger partial charge in [0, 0.05) is 50.4 Å². The number of hydrazine groups is 1. The van der Waals surface area contributed by atoms with Crippen molar-refractivity contribution in [3.63, 3.8) is 0 Å². The van der Waals surface area contributed by atoms with Gasteiger partial charge in [-0.3, -0.25) is 4.98 Å². The van der Waals surface area contributed by atoms with Crippen LogP contribution in [0.25, 0.3) is 10.9 Å². The fourth-order valence-corrected chi connectivity index (χ4v) is 5.28. The molecule has 0 radical (unpaired) electrons. The lowest BCUT2D eigenvalue weighted by Crippen LogP contribution is -2.40. The number of hydrazone groups is 1. The van der Waals surface area contributed by atoms with Gasteiger partial charge >= 0.3 is 12.4 Å². The highest BCUT2D eigenvalue weighted by Crippen LogP contribution is 2.40. The van der Waals surface area contributed by atoms with Crippen molar-refractivity contribution in [2.24, 2.45) is 28.5 Å². The van der Waals surface area contributed by atoms with E-state index < -0.39 is 23.5 Å². The fraction of sp³-hybridized carbons (Fsp3) is 0.467. The Hall–Kier alpha value is -3.74. The Morgan fingerprint density at radius 2 is 1.49 bits per heavy atom. The highest BCUT2D eigenvalue weighted by Gasteiger charge is 2.37. The Labute approximate surface area is 246 Å². The highest BCUT2D eigenvalue weighted by atomic mass is 19.4. The molecule has 7 nitrogen and oxygen atoms in total. The molecule has 0 unspecified atom stereocenters. The Kier molecular flexibility index (Phi) is 8.39. The van der Waals surface area contributed by atoms with Crippen molar-refractivity contribution in [3.8, 4) is 0 Å². The van der Waals surface area contributed by atoms with E-state index in [0.29, 0.717) is 24.0 Å². The number of anilines is 1. The van der Waals surface area contributed by atoms with Crippen LogP contribution in [0.1, 0.15) is 53.5 Å².